The average Bonchev–Trinajstić information content (AvgIpc) is 3.41. The molecule has 0 saturated heterocycles. The van der Waals surface area contributed by atoms with E-state index in [-0.39, 0.29) is 12.2 Å². The van der Waals surface area contributed by atoms with Gasteiger partial charge in [-0.3, -0.25) is 9.36 Å². The van der Waals surface area contributed by atoms with Gasteiger partial charge in [-0.05, 0) is 82.2 Å². The SMILES string of the molecule is CCOC(=O)C1=C(C)N=c2s/c(=C/c3cc(C)n(-c4cccc(C)c4)c3C)c(=O)n2[C@H]1c1ccc(OC)cc1OC. The fourth-order valence-corrected chi connectivity index (χ4v) is 6.41. The van der Waals surface area contributed by atoms with Gasteiger partial charge in [0.15, 0.2) is 4.80 Å². The van der Waals surface area contributed by atoms with E-state index < -0.39 is 12.0 Å². The van der Waals surface area contributed by atoms with Crippen molar-refractivity contribution in [2.45, 2.75) is 40.7 Å². The monoisotopic (exact) mass is 571 g/mol. The molecule has 0 spiro atoms. The summed E-state index contributed by atoms with van der Waals surface area (Å²) in [5.74, 6) is 0.565. The predicted octanol–water partition coefficient (Wildman–Crippen LogP) is 4.53. The van der Waals surface area contributed by atoms with Gasteiger partial charge in [-0.25, -0.2) is 9.79 Å². The third-order valence-electron chi connectivity index (χ3n) is 7.27. The Bertz CT molecular complexity index is 1880. The highest BCUT2D eigenvalue weighted by atomic mass is 32.1. The molecule has 0 amide bonds. The van der Waals surface area contributed by atoms with Crippen molar-refractivity contribution < 1.29 is 19.0 Å². The third kappa shape index (κ3) is 5.02. The van der Waals surface area contributed by atoms with Crippen LogP contribution in [0.5, 0.6) is 11.5 Å². The van der Waals surface area contributed by atoms with E-state index in [4.69, 9.17) is 19.2 Å². The molecule has 41 heavy (non-hydrogen) atoms. The Morgan fingerprint density at radius 3 is 2.51 bits per heavy atom. The van der Waals surface area contributed by atoms with Crippen molar-refractivity contribution in [1.82, 2.24) is 9.13 Å². The molecule has 1 aliphatic heterocycles. The Balaban J connectivity index is 1.72. The van der Waals surface area contributed by atoms with Crippen molar-refractivity contribution in [2.24, 2.45) is 4.99 Å². The molecule has 0 saturated carbocycles. The Morgan fingerprint density at radius 1 is 1.05 bits per heavy atom. The first kappa shape index (κ1) is 28.2. The third-order valence-corrected chi connectivity index (χ3v) is 8.25. The van der Waals surface area contributed by atoms with Gasteiger partial charge in [0.25, 0.3) is 5.56 Å². The largest absolute Gasteiger partial charge is 0.497 e. The standard InChI is InChI=1S/C32H33N3O5S/c1-8-40-31(37)28-20(4)33-32-35(29(28)25-13-12-24(38-6)17-26(25)39-7)30(36)27(41-32)16-22-15-19(3)34(21(22)5)23-11-9-10-18(2)14-23/h9-17,29H,8H2,1-7H3/b27-16+/t29-/m0/s1. The van der Waals surface area contributed by atoms with Crippen molar-refractivity contribution in [3.8, 4) is 17.2 Å². The minimum Gasteiger partial charge on any atom is -0.497 e. The van der Waals surface area contributed by atoms with E-state index in [1.54, 1.807) is 44.8 Å². The molecule has 2 aromatic carbocycles. The Morgan fingerprint density at radius 2 is 1.83 bits per heavy atom. The number of carbonyl (C=O) groups excluding carboxylic acids is 1. The van der Waals surface area contributed by atoms with Gasteiger partial charge in [-0.1, -0.05) is 23.5 Å². The highest BCUT2D eigenvalue weighted by molar-refractivity contribution is 7.07. The molecule has 1 atom stereocenters. The number of hydrogen-bond donors (Lipinski definition) is 0. The van der Waals surface area contributed by atoms with E-state index in [0.29, 0.717) is 37.7 Å². The van der Waals surface area contributed by atoms with Crippen molar-refractivity contribution in [2.75, 3.05) is 20.8 Å². The van der Waals surface area contributed by atoms with Gasteiger partial charge in [0.2, 0.25) is 0 Å². The highest BCUT2D eigenvalue weighted by Crippen LogP contribution is 2.37. The molecule has 0 aliphatic carbocycles. The maximum atomic E-state index is 14.1. The molecule has 4 aromatic rings. The molecular formula is C32H33N3O5S. The van der Waals surface area contributed by atoms with Crippen molar-refractivity contribution in [3.63, 3.8) is 0 Å². The summed E-state index contributed by atoms with van der Waals surface area (Å²) in [5.41, 5.74) is 6.46. The fourth-order valence-electron chi connectivity index (χ4n) is 5.37. The number of thiazole rings is 1. The van der Waals surface area contributed by atoms with Crippen LogP contribution >= 0.6 is 11.3 Å². The highest BCUT2D eigenvalue weighted by Gasteiger charge is 2.35. The molecular weight excluding hydrogens is 538 g/mol. The summed E-state index contributed by atoms with van der Waals surface area (Å²) in [6.45, 7) is 9.88. The average molecular weight is 572 g/mol. The molecule has 0 unspecified atom stereocenters. The van der Waals surface area contributed by atoms with Gasteiger partial charge < -0.3 is 18.8 Å². The molecule has 1 aliphatic rings. The second-order valence-corrected chi connectivity index (χ2v) is 10.9. The number of aryl methyl sites for hydroxylation is 2. The van der Waals surface area contributed by atoms with E-state index in [2.05, 4.69) is 42.7 Å². The molecule has 0 fully saturated rings. The van der Waals surface area contributed by atoms with Gasteiger partial charge in [0.1, 0.15) is 17.5 Å². The molecule has 0 bridgehead atoms. The summed E-state index contributed by atoms with van der Waals surface area (Å²) < 4.78 is 20.8. The fraction of sp³-hybridized carbons (Fsp3) is 0.281. The van der Waals surface area contributed by atoms with Gasteiger partial charge in [-0.15, -0.1) is 0 Å². The van der Waals surface area contributed by atoms with Crippen molar-refractivity contribution in [3.05, 3.63) is 108 Å². The van der Waals surface area contributed by atoms with Gasteiger partial charge in [0, 0.05) is 28.7 Å². The number of methoxy groups -OCH3 is 2. The van der Waals surface area contributed by atoms with Gasteiger partial charge in [-0.2, -0.15) is 0 Å². The first-order valence-electron chi connectivity index (χ1n) is 13.4. The molecule has 212 valence electrons. The van der Waals surface area contributed by atoms with E-state index in [1.165, 1.54) is 16.9 Å². The first-order chi connectivity index (χ1) is 19.7. The van der Waals surface area contributed by atoms with Crippen LogP contribution in [0.3, 0.4) is 0 Å². The maximum absolute atomic E-state index is 14.1. The number of carbonyl (C=O) groups is 1. The van der Waals surface area contributed by atoms with E-state index in [9.17, 15) is 9.59 Å². The lowest BCUT2D eigenvalue weighted by Crippen LogP contribution is -2.40. The van der Waals surface area contributed by atoms with Crippen LogP contribution in [0.15, 0.2) is 69.6 Å². The lowest BCUT2D eigenvalue weighted by molar-refractivity contribution is -0.139. The van der Waals surface area contributed by atoms with Crippen LogP contribution in [0.25, 0.3) is 11.8 Å². The van der Waals surface area contributed by atoms with E-state index >= 15 is 0 Å². The number of fused-ring (bicyclic) bond motifs is 1. The molecule has 0 radical (unpaired) electrons. The predicted molar refractivity (Wildman–Crippen MR) is 160 cm³/mol. The van der Waals surface area contributed by atoms with Crippen LogP contribution in [0.1, 0.15) is 48.0 Å². The number of rotatable bonds is 7. The lowest BCUT2D eigenvalue weighted by Gasteiger charge is -2.26. The molecule has 3 heterocycles. The second kappa shape index (κ2) is 11.2. The number of hydrogen-bond acceptors (Lipinski definition) is 7. The van der Waals surface area contributed by atoms with Crippen molar-refractivity contribution >= 4 is 23.4 Å². The number of allylic oxidation sites excluding steroid dienone is 1. The maximum Gasteiger partial charge on any atom is 0.338 e. The number of benzene rings is 2. The van der Waals surface area contributed by atoms with Crippen LogP contribution in [0.2, 0.25) is 0 Å². The number of nitrogens with zero attached hydrogens (tertiary/aromatic N) is 3. The van der Waals surface area contributed by atoms with E-state index in [0.717, 1.165) is 22.6 Å². The van der Waals surface area contributed by atoms with Crippen LogP contribution < -0.4 is 24.4 Å². The normalized spacial score (nSPS) is 15.0. The Kier molecular flexibility index (Phi) is 7.73. The Labute approximate surface area is 242 Å². The summed E-state index contributed by atoms with van der Waals surface area (Å²) in [6, 6.07) is 15.0. The molecule has 0 N–H and O–H groups in total. The summed E-state index contributed by atoms with van der Waals surface area (Å²) >= 11 is 1.30. The zero-order valence-corrected chi connectivity index (χ0v) is 25.1. The lowest BCUT2D eigenvalue weighted by atomic mass is 9.95. The van der Waals surface area contributed by atoms with Gasteiger partial charge >= 0.3 is 5.97 Å². The van der Waals surface area contributed by atoms with Gasteiger partial charge in [0.05, 0.1) is 36.6 Å². The summed E-state index contributed by atoms with van der Waals surface area (Å²) in [5, 5.41) is 0. The number of aromatic nitrogens is 2. The van der Waals surface area contributed by atoms with Crippen LogP contribution in [0, 0.1) is 20.8 Å². The summed E-state index contributed by atoms with van der Waals surface area (Å²) in [6.07, 6.45) is 1.91. The van der Waals surface area contributed by atoms with E-state index in [1.807, 2.05) is 25.1 Å². The quantitative estimate of drug-likeness (QED) is 0.305. The molecule has 2 aromatic heterocycles. The molecule has 8 nitrogen and oxygen atoms in total. The molecule has 5 rings (SSSR count). The summed E-state index contributed by atoms with van der Waals surface area (Å²) in [4.78, 5) is 32.6. The van der Waals surface area contributed by atoms with Crippen LogP contribution in [0.4, 0.5) is 0 Å². The smallest absolute Gasteiger partial charge is 0.338 e. The summed E-state index contributed by atoms with van der Waals surface area (Å²) in [7, 11) is 3.12. The van der Waals surface area contributed by atoms with Crippen molar-refractivity contribution in [1.29, 1.82) is 0 Å². The second-order valence-electron chi connectivity index (χ2n) is 9.91. The zero-order chi connectivity index (χ0) is 29.4. The Hall–Kier alpha value is -4.37. The minimum atomic E-state index is -0.784. The van der Waals surface area contributed by atoms with Crippen LogP contribution in [-0.4, -0.2) is 35.9 Å². The first-order valence-corrected chi connectivity index (χ1v) is 14.2. The number of ether oxygens (including phenoxy) is 3. The minimum absolute atomic E-state index is 0.197. The van der Waals surface area contributed by atoms with Crippen LogP contribution in [-0.2, 0) is 9.53 Å². The topological polar surface area (TPSA) is 84.1 Å². The molecule has 9 heteroatoms. The number of esters is 1. The zero-order valence-electron chi connectivity index (χ0n) is 24.3.